The van der Waals surface area contributed by atoms with Gasteiger partial charge in [0.15, 0.2) is 0 Å². The second kappa shape index (κ2) is 3.94. The molecule has 1 fully saturated rings. The van der Waals surface area contributed by atoms with E-state index < -0.39 is 0 Å². The molecule has 0 aromatic carbocycles. The molecule has 0 aliphatic heterocycles. The minimum absolute atomic E-state index is 0.356. The van der Waals surface area contributed by atoms with Crippen LogP contribution in [0.4, 0.5) is 0 Å². The summed E-state index contributed by atoms with van der Waals surface area (Å²) >= 11 is 0. The molecule has 13 heavy (non-hydrogen) atoms. The molecule has 2 unspecified atom stereocenters. The van der Waals surface area contributed by atoms with Crippen molar-refractivity contribution in [2.75, 3.05) is 0 Å². The van der Waals surface area contributed by atoms with Gasteiger partial charge in [0.2, 0.25) is 0 Å². The van der Waals surface area contributed by atoms with E-state index in [-0.39, 0.29) is 0 Å². The van der Waals surface area contributed by atoms with E-state index in [0.29, 0.717) is 12.1 Å². The lowest BCUT2D eigenvalue weighted by Gasteiger charge is -2.16. The number of aromatic amines is 1. The van der Waals surface area contributed by atoms with E-state index in [0.717, 1.165) is 6.54 Å². The third-order valence-corrected chi connectivity index (χ3v) is 2.79. The van der Waals surface area contributed by atoms with Crippen molar-refractivity contribution >= 4 is 0 Å². The van der Waals surface area contributed by atoms with Crippen LogP contribution in [0, 0.1) is 0 Å². The van der Waals surface area contributed by atoms with Crippen LogP contribution < -0.4 is 11.1 Å². The average molecular weight is 179 g/mol. The number of nitrogens with one attached hydrogen (secondary N) is 2. The average Bonchev–Trinajstić information content (AvgIpc) is 2.72. The predicted octanol–water partition coefficient (Wildman–Crippen LogP) is 0.984. The van der Waals surface area contributed by atoms with E-state index in [4.69, 9.17) is 5.73 Å². The van der Waals surface area contributed by atoms with E-state index in [9.17, 15) is 0 Å². The fourth-order valence-corrected chi connectivity index (χ4v) is 1.96. The summed E-state index contributed by atoms with van der Waals surface area (Å²) in [6, 6.07) is 4.98. The highest BCUT2D eigenvalue weighted by Crippen LogP contribution is 2.17. The molecule has 72 valence electrons. The Morgan fingerprint density at radius 3 is 3.08 bits per heavy atom. The normalized spacial score (nSPS) is 28.1. The van der Waals surface area contributed by atoms with Crippen LogP contribution in [0.5, 0.6) is 0 Å². The van der Waals surface area contributed by atoms with E-state index in [1.165, 1.54) is 25.0 Å². The fraction of sp³-hybridized carbons (Fsp3) is 0.600. The standard InChI is InChI=1S/C10H17N3/c11-9-4-1-5-10(9)13-7-8-3-2-6-12-8/h2-3,6,9-10,12-13H,1,4-5,7,11H2. The first kappa shape index (κ1) is 8.78. The molecule has 1 saturated carbocycles. The molecule has 1 aliphatic carbocycles. The zero-order valence-electron chi connectivity index (χ0n) is 7.79. The Labute approximate surface area is 78.7 Å². The summed E-state index contributed by atoms with van der Waals surface area (Å²) in [7, 11) is 0. The first-order valence-corrected chi connectivity index (χ1v) is 4.97. The highest BCUT2D eigenvalue weighted by Gasteiger charge is 2.22. The van der Waals surface area contributed by atoms with Crippen LogP contribution in [-0.4, -0.2) is 17.1 Å². The minimum Gasteiger partial charge on any atom is -0.364 e. The van der Waals surface area contributed by atoms with Gasteiger partial charge in [0.05, 0.1) is 0 Å². The summed E-state index contributed by atoms with van der Waals surface area (Å²) in [6.07, 6.45) is 5.61. The number of H-pyrrole nitrogens is 1. The van der Waals surface area contributed by atoms with Crippen molar-refractivity contribution in [3.63, 3.8) is 0 Å². The molecule has 1 aliphatic rings. The Morgan fingerprint density at radius 1 is 1.54 bits per heavy atom. The van der Waals surface area contributed by atoms with Gasteiger partial charge in [-0.3, -0.25) is 0 Å². The van der Waals surface area contributed by atoms with Gasteiger partial charge in [-0.25, -0.2) is 0 Å². The summed E-state index contributed by atoms with van der Waals surface area (Å²) in [5.41, 5.74) is 7.18. The first-order chi connectivity index (χ1) is 6.36. The molecule has 1 aromatic heterocycles. The van der Waals surface area contributed by atoms with Crippen molar-refractivity contribution < 1.29 is 0 Å². The molecule has 0 bridgehead atoms. The Kier molecular flexibility index (Phi) is 2.66. The molecule has 4 N–H and O–H groups in total. The van der Waals surface area contributed by atoms with E-state index in [1.807, 2.05) is 12.3 Å². The third-order valence-electron chi connectivity index (χ3n) is 2.79. The second-order valence-electron chi connectivity index (χ2n) is 3.78. The van der Waals surface area contributed by atoms with Crippen LogP contribution in [0.1, 0.15) is 25.0 Å². The largest absolute Gasteiger partial charge is 0.364 e. The van der Waals surface area contributed by atoms with E-state index in [2.05, 4.69) is 16.4 Å². The Balaban J connectivity index is 1.79. The van der Waals surface area contributed by atoms with Gasteiger partial charge in [-0.2, -0.15) is 0 Å². The smallest absolute Gasteiger partial charge is 0.0360 e. The molecule has 1 aromatic rings. The number of aromatic nitrogens is 1. The van der Waals surface area contributed by atoms with Crippen molar-refractivity contribution in [1.29, 1.82) is 0 Å². The van der Waals surface area contributed by atoms with Gasteiger partial charge in [-0.15, -0.1) is 0 Å². The van der Waals surface area contributed by atoms with Crippen molar-refractivity contribution in [2.45, 2.75) is 37.9 Å². The molecule has 0 amide bonds. The van der Waals surface area contributed by atoms with Gasteiger partial charge in [0.1, 0.15) is 0 Å². The van der Waals surface area contributed by atoms with Crippen LogP contribution in [0.15, 0.2) is 18.3 Å². The van der Waals surface area contributed by atoms with Crippen LogP contribution >= 0.6 is 0 Å². The maximum atomic E-state index is 5.95. The topological polar surface area (TPSA) is 53.8 Å². The quantitative estimate of drug-likeness (QED) is 0.648. The van der Waals surface area contributed by atoms with Crippen molar-refractivity contribution in [2.24, 2.45) is 5.73 Å². The number of nitrogens with two attached hydrogens (primary N) is 1. The van der Waals surface area contributed by atoms with Crippen molar-refractivity contribution in [3.05, 3.63) is 24.0 Å². The molecule has 1 heterocycles. The van der Waals surface area contributed by atoms with Gasteiger partial charge < -0.3 is 16.0 Å². The molecule has 2 atom stereocenters. The number of hydrogen-bond donors (Lipinski definition) is 3. The summed E-state index contributed by atoms with van der Waals surface area (Å²) in [4.78, 5) is 3.17. The van der Waals surface area contributed by atoms with Crippen LogP contribution in [0.25, 0.3) is 0 Å². The van der Waals surface area contributed by atoms with E-state index >= 15 is 0 Å². The predicted molar refractivity (Wildman–Crippen MR) is 53.2 cm³/mol. The van der Waals surface area contributed by atoms with Crippen molar-refractivity contribution in [3.8, 4) is 0 Å². The molecular weight excluding hydrogens is 162 g/mol. The third kappa shape index (κ3) is 2.11. The lowest BCUT2D eigenvalue weighted by atomic mass is 10.2. The molecule has 0 saturated heterocycles. The SMILES string of the molecule is NC1CCCC1NCc1ccc[nH]1. The maximum absolute atomic E-state index is 5.95. The maximum Gasteiger partial charge on any atom is 0.0360 e. The Hall–Kier alpha value is -0.800. The highest BCUT2D eigenvalue weighted by atomic mass is 15.0. The van der Waals surface area contributed by atoms with Gasteiger partial charge in [-0.1, -0.05) is 6.42 Å². The first-order valence-electron chi connectivity index (χ1n) is 4.97. The molecule has 2 rings (SSSR count). The monoisotopic (exact) mass is 179 g/mol. The molecule has 0 spiro atoms. The Bertz CT molecular complexity index is 243. The Morgan fingerprint density at radius 2 is 2.46 bits per heavy atom. The molecular formula is C10H17N3. The molecule has 3 nitrogen and oxygen atoms in total. The number of hydrogen-bond acceptors (Lipinski definition) is 2. The zero-order valence-corrected chi connectivity index (χ0v) is 7.79. The summed E-state index contributed by atoms with van der Waals surface area (Å²) in [5.74, 6) is 0. The second-order valence-corrected chi connectivity index (χ2v) is 3.78. The molecule has 3 heteroatoms. The summed E-state index contributed by atoms with van der Waals surface area (Å²) in [5, 5.41) is 3.48. The fourth-order valence-electron chi connectivity index (χ4n) is 1.96. The zero-order chi connectivity index (χ0) is 9.10. The summed E-state index contributed by atoms with van der Waals surface area (Å²) in [6.45, 7) is 0.908. The van der Waals surface area contributed by atoms with Crippen molar-refractivity contribution in [1.82, 2.24) is 10.3 Å². The van der Waals surface area contributed by atoms with Gasteiger partial charge in [0, 0.05) is 30.5 Å². The van der Waals surface area contributed by atoms with E-state index in [1.54, 1.807) is 0 Å². The lowest BCUT2D eigenvalue weighted by molar-refractivity contribution is 0.473. The van der Waals surface area contributed by atoms with Crippen LogP contribution in [0.3, 0.4) is 0 Å². The van der Waals surface area contributed by atoms with Gasteiger partial charge in [0.25, 0.3) is 0 Å². The lowest BCUT2D eigenvalue weighted by Crippen LogP contribution is -2.40. The minimum atomic E-state index is 0.356. The number of rotatable bonds is 3. The molecule has 0 radical (unpaired) electrons. The van der Waals surface area contributed by atoms with Gasteiger partial charge in [-0.05, 0) is 25.0 Å². The highest BCUT2D eigenvalue weighted by molar-refractivity contribution is 5.03. The van der Waals surface area contributed by atoms with Crippen LogP contribution in [-0.2, 0) is 6.54 Å². The van der Waals surface area contributed by atoms with Gasteiger partial charge >= 0.3 is 0 Å². The van der Waals surface area contributed by atoms with Crippen LogP contribution in [0.2, 0.25) is 0 Å². The summed E-state index contributed by atoms with van der Waals surface area (Å²) < 4.78 is 0.